The zero-order valence-electron chi connectivity index (χ0n) is 24.0. The van der Waals surface area contributed by atoms with Crippen LogP contribution in [0.25, 0.3) is 0 Å². The van der Waals surface area contributed by atoms with Gasteiger partial charge in [-0.25, -0.2) is 0 Å². The summed E-state index contributed by atoms with van der Waals surface area (Å²) >= 11 is 0. The van der Waals surface area contributed by atoms with E-state index in [2.05, 4.69) is 48.1 Å². The second-order valence-electron chi connectivity index (χ2n) is 15.2. The van der Waals surface area contributed by atoms with E-state index in [-0.39, 0.29) is 45.1 Å². The van der Waals surface area contributed by atoms with Gasteiger partial charge < -0.3 is 10.5 Å². The van der Waals surface area contributed by atoms with Crippen molar-refractivity contribution in [3.8, 4) is 0 Å². The Kier molecular flexibility index (Phi) is 5.91. The maximum Gasteiger partial charge on any atom is 0.302 e. The molecule has 0 bridgehead atoms. The predicted octanol–water partition coefficient (Wildman–Crippen LogP) is 7.06. The quantitative estimate of drug-likeness (QED) is 0.335. The third kappa shape index (κ3) is 3.17. The van der Waals surface area contributed by atoms with E-state index in [1.54, 1.807) is 6.92 Å². The molecule has 0 saturated heterocycles. The van der Waals surface area contributed by atoms with Crippen molar-refractivity contribution in [2.45, 2.75) is 119 Å². The fourth-order valence-corrected chi connectivity index (χ4v) is 12.0. The average Bonchev–Trinajstić information content (AvgIpc) is 3.17. The Morgan fingerprint density at radius 3 is 2.11 bits per heavy atom. The number of esters is 1. The number of ether oxygens (including phenoxy) is 1. The first-order chi connectivity index (χ1) is 16.6. The molecule has 5 aliphatic rings. The number of primary amides is 1. The minimum Gasteiger partial charge on any atom is -0.462 e. The molecule has 0 spiro atoms. The fourth-order valence-electron chi connectivity index (χ4n) is 12.0. The normalized spacial score (nSPS) is 51.2. The predicted molar refractivity (Wildman–Crippen MR) is 144 cm³/mol. The van der Waals surface area contributed by atoms with Gasteiger partial charge >= 0.3 is 5.97 Å². The average molecular weight is 498 g/mol. The number of fused-ring (bicyclic) bond motifs is 7. The van der Waals surface area contributed by atoms with Crippen LogP contribution in [0.1, 0.15) is 113 Å². The molecule has 10 atom stereocenters. The maximum atomic E-state index is 13.0. The molecule has 36 heavy (non-hydrogen) atoms. The molecule has 0 aromatic carbocycles. The molecule has 0 heterocycles. The molecule has 5 aliphatic carbocycles. The maximum absolute atomic E-state index is 13.0. The minimum absolute atomic E-state index is 0.0120. The van der Waals surface area contributed by atoms with Gasteiger partial charge in [0.25, 0.3) is 0 Å². The molecule has 0 radical (unpaired) electrons. The van der Waals surface area contributed by atoms with Crippen LogP contribution < -0.4 is 5.73 Å². The zero-order valence-corrected chi connectivity index (χ0v) is 24.0. The molecular weight excluding hydrogens is 446 g/mol. The van der Waals surface area contributed by atoms with E-state index >= 15 is 0 Å². The minimum atomic E-state index is -0.331. The monoisotopic (exact) mass is 497 g/mol. The van der Waals surface area contributed by atoms with Crippen LogP contribution in [0.3, 0.4) is 0 Å². The van der Waals surface area contributed by atoms with E-state index in [1.807, 2.05) is 0 Å². The number of amides is 1. The van der Waals surface area contributed by atoms with Gasteiger partial charge in [0, 0.05) is 12.3 Å². The van der Waals surface area contributed by atoms with Crippen LogP contribution in [0.4, 0.5) is 0 Å². The molecule has 4 heteroatoms. The molecule has 5 saturated carbocycles. The highest BCUT2D eigenvalue weighted by molar-refractivity contribution is 5.82. The number of hydrogen-bond acceptors (Lipinski definition) is 3. The molecule has 202 valence electrons. The van der Waals surface area contributed by atoms with Gasteiger partial charge in [-0.15, -0.1) is 0 Å². The van der Waals surface area contributed by atoms with Gasteiger partial charge in [0.1, 0.15) is 6.10 Å². The Balaban J connectivity index is 1.52. The van der Waals surface area contributed by atoms with Crippen molar-refractivity contribution >= 4 is 11.9 Å². The molecule has 4 nitrogen and oxygen atoms in total. The summed E-state index contributed by atoms with van der Waals surface area (Å²) < 4.78 is 5.89. The van der Waals surface area contributed by atoms with Gasteiger partial charge in [-0.05, 0) is 117 Å². The lowest BCUT2D eigenvalue weighted by Gasteiger charge is -2.72. The Morgan fingerprint density at radius 1 is 0.806 bits per heavy atom. The second kappa shape index (κ2) is 8.09. The Labute approximate surface area is 219 Å². The van der Waals surface area contributed by atoms with Gasteiger partial charge in [0.2, 0.25) is 5.91 Å². The van der Waals surface area contributed by atoms with E-state index < -0.39 is 0 Å². The van der Waals surface area contributed by atoms with E-state index in [1.165, 1.54) is 31.3 Å². The Bertz CT molecular complexity index is 970. The summed E-state index contributed by atoms with van der Waals surface area (Å²) in [5, 5.41) is 0. The molecule has 2 N–H and O–H groups in total. The third-order valence-electron chi connectivity index (χ3n) is 13.8. The zero-order chi connectivity index (χ0) is 26.5. The van der Waals surface area contributed by atoms with Gasteiger partial charge in [-0.1, -0.05) is 46.8 Å². The van der Waals surface area contributed by atoms with Crippen molar-refractivity contribution in [1.82, 2.24) is 0 Å². The van der Waals surface area contributed by atoms with Crippen LogP contribution in [-0.4, -0.2) is 18.0 Å². The first-order valence-corrected chi connectivity index (χ1v) is 14.8. The van der Waals surface area contributed by atoms with Crippen molar-refractivity contribution in [2.24, 2.45) is 62.4 Å². The van der Waals surface area contributed by atoms with Crippen LogP contribution in [0, 0.1) is 56.7 Å². The molecule has 0 aromatic heterocycles. The highest BCUT2D eigenvalue weighted by Crippen LogP contribution is 2.77. The molecule has 1 amide bonds. The number of carbonyl (C=O) groups excluding carboxylic acids is 2. The van der Waals surface area contributed by atoms with Gasteiger partial charge in [-0.2, -0.15) is 0 Å². The van der Waals surface area contributed by atoms with Gasteiger partial charge in [-0.3, -0.25) is 9.59 Å². The lowest BCUT2D eigenvalue weighted by molar-refractivity contribution is -0.248. The van der Waals surface area contributed by atoms with Crippen molar-refractivity contribution in [1.29, 1.82) is 0 Å². The number of allylic oxidation sites excluding steroid dienone is 1. The lowest BCUT2D eigenvalue weighted by Crippen LogP contribution is -2.67. The van der Waals surface area contributed by atoms with Crippen molar-refractivity contribution in [2.75, 3.05) is 0 Å². The molecule has 5 rings (SSSR count). The summed E-state index contributed by atoms with van der Waals surface area (Å²) in [4.78, 5) is 24.9. The van der Waals surface area contributed by atoms with E-state index in [4.69, 9.17) is 10.5 Å². The topological polar surface area (TPSA) is 69.4 Å². The van der Waals surface area contributed by atoms with Crippen molar-refractivity contribution in [3.05, 3.63) is 12.2 Å². The summed E-state index contributed by atoms with van der Waals surface area (Å²) in [6, 6.07) is 0. The van der Waals surface area contributed by atoms with Crippen LogP contribution in [0.5, 0.6) is 0 Å². The van der Waals surface area contributed by atoms with Gasteiger partial charge in [0.15, 0.2) is 0 Å². The van der Waals surface area contributed by atoms with Crippen molar-refractivity contribution < 1.29 is 14.3 Å². The molecular formula is C32H51NO3. The highest BCUT2D eigenvalue weighted by atomic mass is 16.5. The largest absolute Gasteiger partial charge is 0.462 e. The second-order valence-corrected chi connectivity index (χ2v) is 15.2. The summed E-state index contributed by atoms with van der Waals surface area (Å²) in [5.41, 5.74) is 7.84. The smallest absolute Gasteiger partial charge is 0.302 e. The number of hydrogen-bond donors (Lipinski definition) is 1. The summed E-state index contributed by atoms with van der Waals surface area (Å²) in [6.07, 6.45) is 11.1. The molecule has 5 fully saturated rings. The fraction of sp³-hybridized carbons (Fsp3) is 0.875. The van der Waals surface area contributed by atoms with E-state index in [9.17, 15) is 9.59 Å². The van der Waals surface area contributed by atoms with E-state index in [0.717, 1.165) is 38.5 Å². The number of nitrogens with two attached hydrogens (primary N) is 1. The summed E-state index contributed by atoms with van der Waals surface area (Å²) in [7, 11) is 0. The first-order valence-electron chi connectivity index (χ1n) is 14.8. The molecule has 0 unspecified atom stereocenters. The Morgan fingerprint density at radius 2 is 1.50 bits per heavy atom. The number of rotatable bonds is 3. The van der Waals surface area contributed by atoms with Crippen LogP contribution in [0.15, 0.2) is 12.2 Å². The van der Waals surface area contributed by atoms with E-state index in [0.29, 0.717) is 29.6 Å². The Hall–Kier alpha value is -1.32. The first kappa shape index (κ1) is 26.3. The third-order valence-corrected chi connectivity index (χ3v) is 13.8. The van der Waals surface area contributed by atoms with Crippen LogP contribution >= 0.6 is 0 Å². The number of carbonyl (C=O) groups is 2. The standard InChI is InChI=1S/C32H51NO3/c1-19(2)21-11-16-32(27(33)35)18-17-30(7)22(26(21)32)9-10-24-29(6)14-13-25(36-20(3)34)28(4,5)23(29)12-15-31(24,30)8/h21-26H,1,9-18H2,2-8H3,(H2,33,35)/t21-,22+,23-,24+,25-,26+,29-,30+,31+,32-/m0/s1. The van der Waals surface area contributed by atoms with Crippen molar-refractivity contribution in [3.63, 3.8) is 0 Å². The van der Waals surface area contributed by atoms with Crippen LogP contribution in [0.2, 0.25) is 0 Å². The molecule has 0 aliphatic heterocycles. The lowest BCUT2D eigenvalue weighted by atomic mass is 9.32. The van der Waals surface area contributed by atoms with Gasteiger partial charge in [0.05, 0.1) is 5.41 Å². The summed E-state index contributed by atoms with van der Waals surface area (Å²) in [6.45, 7) is 20.7. The highest BCUT2D eigenvalue weighted by Gasteiger charge is 2.71. The molecule has 0 aromatic rings. The van der Waals surface area contributed by atoms with Crippen LogP contribution in [-0.2, 0) is 14.3 Å². The SMILES string of the molecule is C=C(C)[C@@H]1CC[C@]2(C(N)=O)CC[C@]3(C)[C@H](CC[C@@H]4[C@@]5(C)CC[C@H](OC(C)=O)C(C)(C)[C@@H]5CC[C@]43C)[C@@H]12. The summed E-state index contributed by atoms with van der Waals surface area (Å²) in [5.74, 6) is 2.34.